The predicted molar refractivity (Wildman–Crippen MR) is 183 cm³/mol. The van der Waals surface area contributed by atoms with Gasteiger partial charge < -0.3 is 20.6 Å². The predicted octanol–water partition coefficient (Wildman–Crippen LogP) is 8.57. The number of halogens is 3. The van der Waals surface area contributed by atoms with Crippen molar-refractivity contribution >= 4 is 11.4 Å². The van der Waals surface area contributed by atoms with Crippen LogP contribution in [0, 0.1) is 64.6 Å². The van der Waals surface area contributed by atoms with Gasteiger partial charge in [0.2, 0.25) is 0 Å². The zero-order chi connectivity index (χ0) is 33.3. The molecular formula is C39H60F3N3O2. The van der Waals surface area contributed by atoms with Crippen LogP contribution in [0.2, 0.25) is 0 Å². The highest BCUT2D eigenvalue weighted by Gasteiger charge is 2.47. The van der Waals surface area contributed by atoms with Crippen LogP contribution in [0.5, 0.6) is 0 Å². The average molecular weight is 660 g/mol. The minimum absolute atomic E-state index is 0.0376. The second kappa shape index (κ2) is 15.2. The van der Waals surface area contributed by atoms with E-state index in [9.17, 15) is 18.3 Å². The molecule has 3 N–H and O–H groups in total. The molecule has 11 atom stereocenters. The molecular weight excluding hydrogens is 599 g/mol. The molecule has 4 fully saturated rings. The Bertz CT molecular complexity index is 1190. The Balaban J connectivity index is 1.07. The minimum atomic E-state index is -4.27. The summed E-state index contributed by atoms with van der Waals surface area (Å²) in [6.45, 7) is 9.89. The van der Waals surface area contributed by atoms with Gasteiger partial charge in [-0.1, -0.05) is 31.6 Å². The van der Waals surface area contributed by atoms with E-state index in [1.54, 1.807) is 5.57 Å². The second-order valence-electron chi connectivity index (χ2n) is 16.6. The lowest BCUT2D eigenvalue weighted by molar-refractivity contribution is -0.191. The second-order valence-corrected chi connectivity index (χ2v) is 16.6. The average Bonchev–Trinajstić information content (AvgIpc) is 3.52. The highest BCUT2D eigenvalue weighted by molar-refractivity contribution is 5.89. The summed E-state index contributed by atoms with van der Waals surface area (Å²) in [5, 5.41) is 24.4. The number of nitrogens with zero attached hydrogens (tertiary/aromatic N) is 1. The van der Waals surface area contributed by atoms with E-state index in [1.165, 1.54) is 38.5 Å². The van der Waals surface area contributed by atoms with Crippen molar-refractivity contribution < 1.29 is 23.0 Å². The van der Waals surface area contributed by atoms with Crippen LogP contribution < -0.4 is 5.32 Å². The first kappa shape index (κ1) is 35.3. The Morgan fingerprint density at radius 1 is 1.06 bits per heavy atom. The third-order valence-corrected chi connectivity index (χ3v) is 13.6. The number of hydrogen-bond donors (Lipinski definition) is 3. The maximum atomic E-state index is 14.1. The monoisotopic (exact) mass is 659 g/mol. The van der Waals surface area contributed by atoms with Crippen molar-refractivity contribution in [2.45, 2.75) is 123 Å². The van der Waals surface area contributed by atoms with Crippen LogP contribution in [0.4, 0.5) is 13.2 Å². The van der Waals surface area contributed by atoms with E-state index in [4.69, 9.17) is 10.1 Å². The van der Waals surface area contributed by atoms with Crippen LogP contribution in [0.15, 0.2) is 28.3 Å². The van der Waals surface area contributed by atoms with Crippen molar-refractivity contribution in [2.75, 3.05) is 26.3 Å². The highest BCUT2D eigenvalue weighted by Crippen LogP contribution is 2.47. The molecule has 0 aromatic rings. The summed E-state index contributed by atoms with van der Waals surface area (Å²) < 4.78 is 47.8. The maximum Gasteiger partial charge on any atom is 0.391 e. The van der Waals surface area contributed by atoms with Gasteiger partial charge in [0, 0.05) is 49.6 Å². The topological polar surface area (TPSA) is 77.7 Å². The summed E-state index contributed by atoms with van der Waals surface area (Å²) in [5.41, 5.74) is 4.31. The lowest BCUT2D eigenvalue weighted by atomic mass is 9.67. The van der Waals surface area contributed by atoms with Gasteiger partial charge in [0.05, 0.1) is 18.6 Å². The smallest absolute Gasteiger partial charge is 0.391 e. The zero-order valence-corrected chi connectivity index (χ0v) is 29.0. The van der Waals surface area contributed by atoms with Crippen LogP contribution in [-0.4, -0.2) is 61.2 Å². The zero-order valence-electron chi connectivity index (χ0n) is 29.0. The number of allylic oxidation sites excluding steroid dienone is 2. The van der Waals surface area contributed by atoms with E-state index in [0.717, 1.165) is 62.1 Å². The van der Waals surface area contributed by atoms with Gasteiger partial charge in [0.1, 0.15) is 0 Å². The summed E-state index contributed by atoms with van der Waals surface area (Å²) >= 11 is 0. The summed E-state index contributed by atoms with van der Waals surface area (Å²) in [6, 6.07) is 0.364. The summed E-state index contributed by atoms with van der Waals surface area (Å²) in [6.07, 6.45) is 10.7. The molecule has 6 rings (SSSR count). The van der Waals surface area contributed by atoms with Gasteiger partial charge in [-0.2, -0.15) is 13.2 Å². The molecule has 0 radical (unpaired) electrons. The van der Waals surface area contributed by atoms with Crippen LogP contribution in [0.3, 0.4) is 0 Å². The van der Waals surface area contributed by atoms with E-state index in [0.29, 0.717) is 42.5 Å². The third kappa shape index (κ3) is 8.45. The number of aliphatic hydroxyl groups is 1. The van der Waals surface area contributed by atoms with Crippen LogP contribution in [0.1, 0.15) is 104 Å². The molecule has 0 spiro atoms. The molecule has 47 heavy (non-hydrogen) atoms. The van der Waals surface area contributed by atoms with Gasteiger partial charge in [-0.05, 0) is 137 Å². The Morgan fingerprint density at radius 3 is 2.57 bits per heavy atom. The van der Waals surface area contributed by atoms with Gasteiger partial charge in [-0.15, -0.1) is 0 Å². The standard InChI is InChI=1S/C39H60F3N3O2/c1-23-4-7-29(19-35(23)38-34-9-6-26(5-8-30(34)21-45-38)14-27-10-12-47-13-11-27)36(43)20-37(46)31-15-28(17-33(18-31)39(40,41)42)16-32-22-44-25(3)24(32)2/h9,16,23-24,26-31,33,35,37-38,43,45-46H,4-8,10-15,17-22H2,1-3H3/b32-16-,43-36?. The molecule has 8 heteroatoms. The van der Waals surface area contributed by atoms with Crippen molar-refractivity contribution in [1.82, 2.24) is 5.32 Å². The van der Waals surface area contributed by atoms with Crippen molar-refractivity contribution in [3.8, 4) is 0 Å². The lowest BCUT2D eigenvalue weighted by Gasteiger charge is -2.40. The summed E-state index contributed by atoms with van der Waals surface area (Å²) in [4.78, 5) is 4.51. The molecule has 0 bridgehead atoms. The van der Waals surface area contributed by atoms with E-state index < -0.39 is 24.1 Å². The molecule has 11 unspecified atom stereocenters. The third-order valence-electron chi connectivity index (χ3n) is 13.6. The molecule has 3 aliphatic heterocycles. The van der Waals surface area contributed by atoms with Crippen molar-refractivity contribution in [3.05, 3.63) is 23.3 Å². The molecule has 5 nitrogen and oxygen atoms in total. The molecule has 264 valence electrons. The number of ether oxygens (including phenoxy) is 1. The normalized spacial score (nSPS) is 40.4. The van der Waals surface area contributed by atoms with Crippen molar-refractivity contribution in [3.63, 3.8) is 0 Å². The highest BCUT2D eigenvalue weighted by atomic mass is 19.4. The van der Waals surface area contributed by atoms with Crippen molar-refractivity contribution in [1.29, 1.82) is 5.41 Å². The molecule has 0 amide bonds. The Kier molecular flexibility index (Phi) is 11.4. The van der Waals surface area contributed by atoms with Gasteiger partial charge >= 0.3 is 6.18 Å². The number of aliphatic imine (C=N–C) groups is 1. The summed E-state index contributed by atoms with van der Waals surface area (Å²) in [7, 11) is 0. The molecule has 3 aliphatic carbocycles. The van der Waals surface area contributed by atoms with E-state index in [2.05, 4.69) is 30.2 Å². The van der Waals surface area contributed by atoms with E-state index >= 15 is 0 Å². The van der Waals surface area contributed by atoms with Crippen molar-refractivity contribution in [2.24, 2.45) is 64.2 Å². The minimum Gasteiger partial charge on any atom is -0.392 e. The molecule has 6 aliphatic rings. The maximum absolute atomic E-state index is 14.1. The first-order valence-corrected chi connectivity index (χ1v) is 19.0. The molecule has 0 aromatic carbocycles. The Labute approximate surface area is 281 Å². The molecule has 2 saturated carbocycles. The van der Waals surface area contributed by atoms with Crippen LogP contribution in [-0.2, 0) is 4.74 Å². The number of hydrogen-bond acceptors (Lipinski definition) is 5. The van der Waals surface area contributed by atoms with Gasteiger partial charge in [-0.3, -0.25) is 4.99 Å². The number of aliphatic hydroxyl groups excluding tert-OH is 1. The van der Waals surface area contributed by atoms with E-state index in [-0.39, 0.29) is 37.0 Å². The molecule has 3 heterocycles. The number of nitrogens with one attached hydrogen (secondary N) is 2. The number of rotatable bonds is 8. The van der Waals surface area contributed by atoms with Gasteiger partial charge in [0.15, 0.2) is 0 Å². The van der Waals surface area contributed by atoms with Gasteiger partial charge in [0.25, 0.3) is 0 Å². The summed E-state index contributed by atoms with van der Waals surface area (Å²) in [5.74, 6) is 1.42. The number of fused-ring (bicyclic) bond motifs is 1. The largest absolute Gasteiger partial charge is 0.392 e. The fourth-order valence-corrected chi connectivity index (χ4v) is 10.3. The Hall–Kier alpha value is -1.51. The first-order valence-electron chi connectivity index (χ1n) is 19.0. The molecule has 2 saturated heterocycles. The van der Waals surface area contributed by atoms with Crippen LogP contribution in [0.25, 0.3) is 0 Å². The first-order chi connectivity index (χ1) is 22.5. The number of alkyl halides is 3. The van der Waals surface area contributed by atoms with Crippen LogP contribution >= 0.6 is 0 Å². The lowest BCUT2D eigenvalue weighted by Crippen LogP contribution is -2.41. The Morgan fingerprint density at radius 2 is 1.85 bits per heavy atom. The fourth-order valence-electron chi connectivity index (χ4n) is 10.3. The van der Waals surface area contributed by atoms with E-state index in [1.807, 2.05) is 13.0 Å². The SMILES string of the molecule is CC1=NC/C(=C/C2CC(C(O)CC(=N)C3CCC(C)C(C4NCC5CCC(CC6CCOCC6)CC=C54)C3)CC(C(F)(F)F)C2)C1C. The quantitative estimate of drug-likeness (QED) is 0.181. The van der Waals surface area contributed by atoms with Gasteiger partial charge in [-0.25, -0.2) is 0 Å². The fraction of sp³-hybridized carbons (Fsp3) is 0.846. The molecule has 0 aromatic heterocycles.